The zero-order valence-corrected chi connectivity index (χ0v) is 11.8. The van der Waals surface area contributed by atoms with Crippen LogP contribution in [0.2, 0.25) is 0 Å². The van der Waals surface area contributed by atoms with Crippen LogP contribution in [0.15, 0.2) is 0 Å². The van der Waals surface area contributed by atoms with E-state index in [1.54, 1.807) is 11.8 Å². The van der Waals surface area contributed by atoms with Crippen molar-refractivity contribution in [3.8, 4) is 0 Å². The van der Waals surface area contributed by atoms with E-state index >= 15 is 0 Å². The number of amides is 2. The molecule has 17 heavy (non-hydrogen) atoms. The van der Waals surface area contributed by atoms with Crippen LogP contribution in [0.4, 0.5) is 4.79 Å². The van der Waals surface area contributed by atoms with Gasteiger partial charge in [0.05, 0.1) is 6.61 Å². The Balaban J connectivity index is 2.38. The first-order chi connectivity index (χ1) is 8.08. The zero-order valence-electron chi connectivity index (χ0n) is 11.0. The lowest BCUT2D eigenvalue weighted by Gasteiger charge is -2.32. The lowest BCUT2D eigenvalue weighted by Crippen LogP contribution is -2.50. The molecule has 0 aliphatic carbocycles. The summed E-state index contributed by atoms with van der Waals surface area (Å²) in [5.74, 6) is 0.730. The van der Waals surface area contributed by atoms with Crippen molar-refractivity contribution < 1.29 is 9.90 Å². The molecule has 0 radical (unpaired) electrons. The summed E-state index contributed by atoms with van der Waals surface area (Å²) in [6.07, 6.45) is 4.13. The first kappa shape index (κ1) is 14.6. The van der Waals surface area contributed by atoms with E-state index in [-0.39, 0.29) is 23.9 Å². The number of likely N-dealkylation sites (tertiary alicyclic amines) is 1. The molecule has 1 rings (SSSR count). The topological polar surface area (TPSA) is 52.6 Å². The Morgan fingerprint density at radius 1 is 1.53 bits per heavy atom. The third-order valence-corrected chi connectivity index (χ3v) is 4.63. The van der Waals surface area contributed by atoms with Gasteiger partial charge in [0.1, 0.15) is 0 Å². The highest BCUT2D eigenvalue weighted by atomic mass is 32.2. The van der Waals surface area contributed by atoms with Gasteiger partial charge < -0.3 is 15.3 Å². The van der Waals surface area contributed by atoms with Crippen LogP contribution < -0.4 is 5.32 Å². The Kier molecular flexibility index (Phi) is 6.12. The number of carbonyl (C=O) groups excluding carboxylic acids is 1. The summed E-state index contributed by atoms with van der Waals surface area (Å²) in [5, 5.41) is 12.2. The smallest absolute Gasteiger partial charge is 0.317 e. The summed E-state index contributed by atoms with van der Waals surface area (Å²) in [4.78, 5) is 13.9. The minimum Gasteiger partial charge on any atom is -0.395 e. The molecule has 2 N–H and O–H groups in total. The molecule has 1 saturated heterocycles. The molecule has 1 heterocycles. The molecule has 100 valence electrons. The number of rotatable bonds is 4. The summed E-state index contributed by atoms with van der Waals surface area (Å²) in [7, 11) is 0. The normalized spacial score (nSPS) is 21.1. The summed E-state index contributed by atoms with van der Waals surface area (Å²) in [5.41, 5.74) is 0. The van der Waals surface area contributed by atoms with Crippen molar-refractivity contribution in [2.75, 3.05) is 26.0 Å². The van der Waals surface area contributed by atoms with Gasteiger partial charge in [0.25, 0.3) is 0 Å². The fourth-order valence-corrected chi connectivity index (χ4v) is 2.65. The van der Waals surface area contributed by atoms with Crippen LogP contribution in [0, 0.1) is 5.92 Å². The molecule has 0 spiro atoms. The van der Waals surface area contributed by atoms with E-state index in [4.69, 9.17) is 5.11 Å². The van der Waals surface area contributed by atoms with Crippen LogP contribution in [-0.4, -0.2) is 53.3 Å². The van der Waals surface area contributed by atoms with Gasteiger partial charge in [-0.15, -0.1) is 0 Å². The van der Waals surface area contributed by atoms with Crippen LogP contribution in [0.3, 0.4) is 0 Å². The minimum atomic E-state index is 0.00171. The molecule has 0 saturated carbocycles. The maximum absolute atomic E-state index is 12.0. The highest BCUT2D eigenvalue weighted by Crippen LogP contribution is 2.16. The molecule has 5 heteroatoms. The predicted molar refractivity (Wildman–Crippen MR) is 72.4 cm³/mol. The minimum absolute atomic E-state index is 0.00171. The molecular weight excluding hydrogens is 236 g/mol. The average Bonchev–Trinajstić information content (AvgIpc) is 2.31. The van der Waals surface area contributed by atoms with Crippen LogP contribution in [0.1, 0.15) is 26.7 Å². The second-order valence-corrected chi connectivity index (χ2v) is 5.94. The van der Waals surface area contributed by atoms with Crippen LogP contribution in [0.25, 0.3) is 0 Å². The Morgan fingerprint density at radius 2 is 2.12 bits per heavy atom. The van der Waals surface area contributed by atoms with Gasteiger partial charge in [0.2, 0.25) is 0 Å². The van der Waals surface area contributed by atoms with Crippen molar-refractivity contribution in [3.63, 3.8) is 0 Å². The van der Waals surface area contributed by atoms with Crippen LogP contribution in [-0.2, 0) is 0 Å². The van der Waals surface area contributed by atoms with E-state index < -0.39 is 0 Å². The Labute approximate surface area is 108 Å². The molecule has 2 atom stereocenters. The van der Waals surface area contributed by atoms with E-state index in [2.05, 4.69) is 12.2 Å². The summed E-state index contributed by atoms with van der Waals surface area (Å²) < 4.78 is 0. The number of nitrogens with one attached hydrogen (secondary N) is 1. The number of piperidine rings is 1. The third kappa shape index (κ3) is 4.39. The third-order valence-electron chi connectivity index (χ3n) is 3.46. The summed E-state index contributed by atoms with van der Waals surface area (Å²) >= 11 is 1.58. The van der Waals surface area contributed by atoms with Crippen molar-refractivity contribution in [3.05, 3.63) is 0 Å². The van der Waals surface area contributed by atoms with Crippen molar-refractivity contribution >= 4 is 17.8 Å². The predicted octanol–water partition coefficient (Wildman–Crippen LogP) is 1.54. The number of nitrogens with zero attached hydrogens (tertiary/aromatic N) is 1. The number of aliphatic hydroxyl groups excluding tert-OH is 1. The Morgan fingerprint density at radius 3 is 2.59 bits per heavy atom. The fourth-order valence-electron chi connectivity index (χ4n) is 2.03. The number of hydrogen-bond donors (Lipinski definition) is 2. The second-order valence-electron chi connectivity index (χ2n) is 4.86. The standard InChI is InChI=1S/C12H24N2O2S/c1-9-4-6-14(7-5-9)12(16)13-10(2)11(8-15)17-3/h9-11,15H,4-8H2,1-3H3,(H,13,16). The summed E-state index contributed by atoms with van der Waals surface area (Å²) in [6.45, 7) is 5.97. The Hall–Kier alpha value is -0.420. The van der Waals surface area contributed by atoms with Gasteiger partial charge in [-0.1, -0.05) is 6.92 Å². The molecule has 0 aromatic rings. The lowest BCUT2D eigenvalue weighted by molar-refractivity contribution is 0.169. The van der Waals surface area contributed by atoms with Crippen molar-refractivity contribution in [1.82, 2.24) is 10.2 Å². The van der Waals surface area contributed by atoms with E-state index in [1.165, 1.54) is 0 Å². The van der Waals surface area contributed by atoms with Crippen molar-refractivity contribution in [1.29, 1.82) is 0 Å². The van der Waals surface area contributed by atoms with Gasteiger partial charge in [-0.05, 0) is 31.9 Å². The molecule has 0 aromatic heterocycles. The second kappa shape index (κ2) is 7.11. The zero-order chi connectivity index (χ0) is 12.8. The molecule has 1 aliphatic rings. The first-order valence-electron chi connectivity index (χ1n) is 6.27. The van der Waals surface area contributed by atoms with Crippen LogP contribution in [0.5, 0.6) is 0 Å². The molecule has 4 nitrogen and oxygen atoms in total. The molecular formula is C12H24N2O2S. The monoisotopic (exact) mass is 260 g/mol. The SMILES string of the molecule is CSC(CO)C(C)NC(=O)N1CCC(C)CC1. The first-order valence-corrected chi connectivity index (χ1v) is 7.56. The molecule has 2 amide bonds. The molecule has 2 unspecified atom stereocenters. The Bertz CT molecular complexity index is 239. The fraction of sp³-hybridized carbons (Fsp3) is 0.917. The quantitative estimate of drug-likeness (QED) is 0.806. The number of aliphatic hydroxyl groups is 1. The highest BCUT2D eigenvalue weighted by molar-refractivity contribution is 7.99. The number of urea groups is 1. The number of carbonyl (C=O) groups is 1. The van der Waals surface area contributed by atoms with Gasteiger partial charge in [0, 0.05) is 24.4 Å². The molecule has 1 fully saturated rings. The summed E-state index contributed by atoms with van der Waals surface area (Å²) in [6, 6.07) is 0.0127. The molecule has 1 aliphatic heterocycles. The largest absolute Gasteiger partial charge is 0.395 e. The highest BCUT2D eigenvalue weighted by Gasteiger charge is 2.23. The van der Waals surface area contributed by atoms with Crippen LogP contribution >= 0.6 is 11.8 Å². The van der Waals surface area contributed by atoms with Gasteiger partial charge >= 0.3 is 6.03 Å². The average molecular weight is 260 g/mol. The van der Waals surface area contributed by atoms with Gasteiger partial charge in [-0.2, -0.15) is 11.8 Å². The van der Waals surface area contributed by atoms with Gasteiger partial charge in [-0.3, -0.25) is 0 Å². The van der Waals surface area contributed by atoms with Gasteiger partial charge in [0.15, 0.2) is 0 Å². The molecule has 0 bridgehead atoms. The number of thioether (sulfide) groups is 1. The van der Waals surface area contributed by atoms with E-state index in [1.807, 2.05) is 18.1 Å². The molecule has 0 aromatic carbocycles. The van der Waals surface area contributed by atoms with Crippen molar-refractivity contribution in [2.24, 2.45) is 5.92 Å². The maximum atomic E-state index is 12.0. The van der Waals surface area contributed by atoms with Crippen molar-refractivity contribution in [2.45, 2.75) is 38.0 Å². The lowest BCUT2D eigenvalue weighted by atomic mass is 10.00. The maximum Gasteiger partial charge on any atom is 0.317 e. The van der Waals surface area contributed by atoms with E-state index in [0.717, 1.165) is 31.8 Å². The van der Waals surface area contributed by atoms with E-state index in [0.29, 0.717) is 0 Å². The van der Waals surface area contributed by atoms with Gasteiger partial charge in [-0.25, -0.2) is 4.79 Å². The number of hydrogen-bond acceptors (Lipinski definition) is 3. The van der Waals surface area contributed by atoms with E-state index in [9.17, 15) is 4.79 Å².